The molecule has 0 aliphatic heterocycles. The molecule has 0 saturated heterocycles. The van der Waals surface area contributed by atoms with Gasteiger partial charge in [0.1, 0.15) is 12.4 Å². The molecule has 0 radical (unpaired) electrons. The molecule has 0 fully saturated rings. The van der Waals surface area contributed by atoms with E-state index < -0.39 is 11.9 Å². The fourth-order valence-electron chi connectivity index (χ4n) is 3.08. The number of aliphatic carboxylic acids is 1. The largest absolute Gasteiger partial charge is 0.550 e. The standard InChI is InChI=1S/C23H19NO3/c1-15(23(25)26)17-6-7-19-13-21(11-9-18(19)12-17)27-14-20-10-8-16-4-2-3-5-22(16)24-20/h2-13,15H,14H2,1H3,(H,25,26)/p-1. The van der Waals surface area contributed by atoms with Crippen LogP contribution in [0.4, 0.5) is 0 Å². The zero-order valence-corrected chi connectivity index (χ0v) is 14.9. The predicted octanol–water partition coefficient (Wildman–Crippen LogP) is 3.82. The molecule has 0 amide bonds. The Balaban J connectivity index is 1.53. The molecular formula is C23H18NO3-. The molecule has 3 aromatic carbocycles. The van der Waals surface area contributed by atoms with Gasteiger partial charge in [0.25, 0.3) is 0 Å². The monoisotopic (exact) mass is 356 g/mol. The van der Waals surface area contributed by atoms with E-state index in [0.29, 0.717) is 6.61 Å². The number of benzene rings is 3. The Hall–Kier alpha value is -3.40. The number of carbonyl (C=O) groups is 1. The van der Waals surface area contributed by atoms with E-state index in [0.717, 1.165) is 38.7 Å². The fourth-order valence-corrected chi connectivity index (χ4v) is 3.08. The van der Waals surface area contributed by atoms with E-state index in [4.69, 9.17) is 4.74 Å². The third-order valence-corrected chi connectivity index (χ3v) is 4.73. The molecule has 0 aliphatic carbocycles. The molecule has 0 spiro atoms. The number of carbonyl (C=O) groups excluding carboxylic acids is 1. The lowest BCUT2D eigenvalue weighted by molar-refractivity contribution is -0.307. The average molecular weight is 356 g/mol. The first kappa shape index (κ1) is 17.0. The molecule has 1 heterocycles. The quantitative estimate of drug-likeness (QED) is 0.545. The van der Waals surface area contributed by atoms with Gasteiger partial charge in [-0.1, -0.05) is 55.5 Å². The van der Waals surface area contributed by atoms with Crippen LogP contribution in [0.3, 0.4) is 0 Å². The maximum atomic E-state index is 11.1. The zero-order valence-electron chi connectivity index (χ0n) is 14.9. The molecule has 1 unspecified atom stereocenters. The van der Waals surface area contributed by atoms with Crippen molar-refractivity contribution >= 4 is 27.6 Å². The molecule has 0 bridgehead atoms. The van der Waals surface area contributed by atoms with E-state index in [2.05, 4.69) is 4.98 Å². The Morgan fingerprint density at radius 2 is 1.70 bits per heavy atom. The van der Waals surface area contributed by atoms with E-state index >= 15 is 0 Å². The maximum Gasteiger partial charge on any atom is 0.130 e. The number of carboxylic acid groups (broad SMARTS) is 1. The van der Waals surface area contributed by atoms with Gasteiger partial charge in [-0.3, -0.25) is 0 Å². The van der Waals surface area contributed by atoms with E-state index in [1.807, 2.05) is 72.8 Å². The van der Waals surface area contributed by atoms with Crippen molar-refractivity contribution in [2.75, 3.05) is 0 Å². The van der Waals surface area contributed by atoms with Crippen molar-refractivity contribution in [1.82, 2.24) is 4.98 Å². The molecule has 0 N–H and O–H groups in total. The minimum absolute atomic E-state index is 0.385. The van der Waals surface area contributed by atoms with Gasteiger partial charge in [-0.05, 0) is 40.6 Å². The first-order chi connectivity index (χ1) is 13.1. The van der Waals surface area contributed by atoms with E-state index in [-0.39, 0.29) is 0 Å². The molecular weight excluding hydrogens is 338 g/mol. The first-order valence-electron chi connectivity index (χ1n) is 8.82. The highest BCUT2D eigenvalue weighted by molar-refractivity contribution is 5.86. The van der Waals surface area contributed by atoms with Crippen LogP contribution in [0.15, 0.2) is 72.8 Å². The van der Waals surface area contributed by atoms with E-state index in [1.54, 1.807) is 6.92 Å². The van der Waals surface area contributed by atoms with Gasteiger partial charge in [-0.25, -0.2) is 4.98 Å². The van der Waals surface area contributed by atoms with Crippen LogP contribution in [-0.2, 0) is 11.4 Å². The van der Waals surface area contributed by atoms with Gasteiger partial charge >= 0.3 is 0 Å². The molecule has 0 saturated carbocycles. The van der Waals surface area contributed by atoms with Gasteiger partial charge in [0.2, 0.25) is 0 Å². The summed E-state index contributed by atoms with van der Waals surface area (Å²) in [6.07, 6.45) is 0. The third-order valence-electron chi connectivity index (χ3n) is 4.73. The smallest absolute Gasteiger partial charge is 0.130 e. The number of ether oxygens (including phenoxy) is 1. The van der Waals surface area contributed by atoms with Crippen LogP contribution in [0, 0.1) is 0 Å². The van der Waals surface area contributed by atoms with Crippen molar-refractivity contribution < 1.29 is 14.6 Å². The van der Waals surface area contributed by atoms with Gasteiger partial charge in [-0.2, -0.15) is 0 Å². The van der Waals surface area contributed by atoms with Crippen LogP contribution in [0.5, 0.6) is 5.75 Å². The Kier molecular flexibility index (Phi) is 4.47. The normalized spacial score (nSPS) is 12.2. The van der Waals surface area contributed by atoms with Crippen molar-refractivity contribution in [2.45, 2.75) is 19.4 Å². The van der Waals surface area contributed by atoms with Gasteiger partial charge in [-0.15, -0.1) is 0 Å². The highest BCUT2D eigenvalue weighted by Crippen LogP contribution is 2.25. The lowest BCUT2D eigenvalue weighted by atomic mass is 9.98. The molecule has 4 nitrogen and oxygen atoms in total. The summed E-state index contributed by atoms with van der Waals surface area (Å²) in [5.41, 5.74) is 2.55. The van der Waals surface area contributed by atoms with E-state index in [1.165, 1.54) is 0 Å². The van der Waals surface area contributed by atoms with Crippen LogP contribution in [0.1, 0.15) is 24.1 Å². The number of rotatable bonds is 5. The summed E-state index contributed by atoms with van der Waals surface area (Å²) >= 11 is 0. The average Bonchev–Trinajstić information content (AvgIpc) is 2.71. The van der Waals surface area contributed by atoms with Gasteiger partial charge in [0.05, 0.1) is 11.2 Å². The zero-order chi connectivity index (χ0) is 18.8. The summed E-state index contributed by atoms with van der Waals surface area (Å²) in [5, 5.41) is 14.1. The minimum Gasteiger partial charge on any atom is -0.550 e. The topological polar surface area (TPSA) is 62.2 Å². The van der Waals surface area contributed by atoms with Crippen molar-refractivity contribution in [3.8, 4) is 5.75 Å². The molecule has 1 atom stereocenters. The summed E-state index contributed by atoms with van der Waals surface area (Å²) < 4.78 is 5.90. The number of nitrogens with zero attached hydrogens (tertiary/aromatic N) is 1. The fraction of sp³-hybridized carbons (Fsp3) is 0.130. The Morgan fingerprint density at radius 1 is 0.963 bits per heavy atom. The molecule has 0 aliphatic rings. The molecule has 1 aromatic heterocycles. The highest BCUT2D eigenvalue weighted by Gasteiger charge is 2.08. The predicted molar refractivity (Wildman–Crippen MR) is 103 cm³/mol. The Morgan fingerprint density at radius 3 is 2.56 bits per heavy atom. The van der Waals surface area contributed by atoms with Gasteiger partial charge in [0, 0.05) is 17.3 Å². The summed E-state index contributed by atoms with van der Waals surface area (Å²) in [4.78, 5) is 15.7. The Bertz CT molecular complexity index is 1140. The van der Waals surface area contributed by atoms with Crippen LogP contribution in [0.2, 0.25) is 0 Å². The van der Waals surface area contributed by atoms with Gasteiger partial charge in [0.15, 0.2) is 0 Å². The van der Waals surface area contributed by atoms with Gasteiger partial charge < -0.3 is 14.6 Å². The number of aromatic nitrogens is 1. The second-order valence-corrected chi connectivity index (χ2v) is 6.59. The van der Waals surface area contributed by atoms with Crippen molar-refractivity contribution in [3.05, 3.63) is 84.1 Å². The lowest BCUT2D eigenvalue weighted by Crippen LogP contribution is -2.27. The third kappa shape index (κ3) is 3.60. The second-order valence-electron chi connectivity index (χ2n) is 6.59. The molecule has 4 aromatic rings. The molecule has 27 heavy (non-hydrogen) atoms. The van der Waals surface area contributed by atoms with Crippen molar-refractivity contribution in [2.24, 2.45) is 0 Å². The number of para-hydroxylation sites is 1. The number of hydrogen-bond acceptors (Lipinski definition) is 4. The second kappa shape index (κ2) is 7.08. The number of pyridine rings is 1. The molecule has 4 heteroatoms. The van der Waals surface area contributed by atoms with Crippen LogP contribution < -0.4 is 9.84 Å². The number of fused-ring (bicyclic) bond motifs is 2. The minimum atomic E-state index is -1.07. The number of carboxylic acids is 1. The van der Waals surface area contributed by atoms with Crippen molar-refractivity contribution in [1.29, 1.82) is 0 Å². The summed E-state index contributed by atoms with van der Waals surface area (Å²) in [6.45, 7) is 2.01. The number of hydrogen-bond donors (Lipinski definition) is 0. The van der Waals surface area contributed by atoms with E-state index in [9.17, 15) is 9.90 Å². The summed E-state index contributed by atoms with van der Waals surface area (Å²) in [5.74, 6) is -0.959. The highest BCUT2D eigenvalue weighted by atomic mass is 16.5. The molecule has 4 rings (SSSR count). The van der Waals surface area contributed by atoms with Crippen molar-refractivity contribution in [3.63, 3.8) is 0 Å². The lowest BCUT2D eigenvalue weighted by Gasteiger charge is -2.14. The van der Waals surface area contributed by atoms with Crippen LogP contribution in [-0.4, -0.2) is 11.0 Å². The summed E-state index contributed by atoms with van der Waals surface area (Å²) in [7, 11) is 0. The van der Waals surface area contributed by atoms with Crippen LogP contribution >= 0.6 is 0 Å². The molecule has 134 valence electrons. The Labute approximate surface area is 157 Å². The SMILES string of the molecule is CC(C(=O)[O-])c1ccc2cc(OCc3ccc4ccccc4n3)ccc2c1. The van der Waals surface area contributed by atoms with Crippen LogP contribution in [0.25, 0.3) is 21.7 Å². The maximum absolute atomic E-state index is 11.1. The first-order valence-corrected chi connectivity index (χ1v) is 8.82. The summed E-state index contributed by atoms with van der Waals surface area (Å²) in [6, 6.07) is 23.4.